The molecule has 0 bridgehead atoms. The van der Waals surface area contributed by atoms with Gasteiger partial charge in [0, 0.05) is 5.56 Å². The fraction of sp³-hybridized carbons (Fsp3) is 0.103. The van der Waals surface area contributed by atoms with Gasteiger partial charge >= 0.3 is 5.97 Å². The highest BCUT2D eigenvalue weighted by atomic mass is 16.5. The Kier molecular flexibility index (Phi) is 7.76. The maximum Gasteiger partial charge on any atom is 0.339 e. The van der Waals surface area contributed by atoms with Crippen LogP contribution in [0.2, 0.25) is 0 Å². The van der Waals surface area contributed by atoms with Crippen molar-refractivity contribution in [1.29, 1.82) is 0 Å². The van der Waals surface area contributed by atoms with E-state index < -0.39 is 18.0 Å². The van der Waals surface area contributed by atoms with Crippen molar-refractivity contribution in [2.45, 2.75) is 12.7 Å². The quantitative estimate of drug-likeness (QED) is 0.315. The summed E-state index contributed by atoms with van der Waals surface area (Å²) in [7, 11) is 1.30. The summed E-state index contributed by atoms with van der Waals surface area (Å²) < 4.78 is 16.8. The molecule has 6 heteroatoms. The summed E-state index contributed by atoms with van der Waals surface area (Å²) in [6.07, 6.45) is -0.946. The van der Waals surface area contributed by atoms with Gasteiger partial charge in [-0.1, -0.05) is 72.8 Å². The Bertz CT molecular complexity index is 1260. The minimum Gasteiger partial charge on any atom is -0.489 e. The third-order valence-corrected chi connectivity index (χ3v) is 5.26. The van der Waals surface area contributed by atoms with Gasteiger partial charge in [-0.25, -0.2) is 4.79 Å². The summed E-state index contributed by atoms with van der Waals surface area (Å²) in [4.78, 5) is 25.4. The molecular formula is C29H25NO5. The molecule has 0 saturated carbocycles. The fourth-order valence-corrected chi connectivity index (χ4v) is 3.47. The molecule has 0 aliphatic heterocycles. The molecule has 0 aromatic heterocycles. The van der Waals surface area contributed by atoms with E-state index in [0.717, 1.165) is 5.56 Å². The number of carbonyl (C=O) groups excluding carboxylic acids is 2. The van der Waals surface area contributed by atoms with Crippen molar-refractivity contribution in [2.24, 2.45) is 0 Å². The molecule has 0 aliphatic rings. The Hall–Kier alpha value is -4.58. The number of hydrogen-bond acceptors (Lipinski definition) is 5. The third-order valence-electron chi connectivity index (χ3n) is 5.26. The molecule has 0 spiro atoms. The summed E-state index contributed by atoms with van der Waals surface area (Å²) in [6.45, 7) is 0.454. The number of amides is 1. The maximum atomic E-state index is 13.3. The van der Waals surface area contributed by atoms with E-state index in [1.807, 2.05) is 60.7 Å². The number of hydrogen-bond donors (Lipinski definition) is 1. The van der Waals surface area contributed by atoms with Crippen LogP contribution in [0.15, 0.2) is 109 Å². The Balaban J connectivity index is 1.50. The minimum absolute atomic E-state index is 0.259. The lowest BCUT2D eigenvalue weighted by molar-refractivity contribution is -0.123. The lowest BCUT2D eigenvalue weighted by Gasteiger charge is -2.20. The second kappa shape index (κ2) is 11.5. The van der Waals surface area contributed by atoms with Crippen molar-refractivity contribution in [1.82, 2.24) is 0 Å². The van der Waals surface area contributed by atoms with E-state index in [1.165, 1.54) is 7.11 Å². The fourth-order valence-electron chi connectivity index (χ4n) is 3.47. The molecule has 6 nitrogen and oxygen atoms in total. The predicted octanol–water partition coefficient (Wildman–Crippen LogP) is 5.81. The second-order valence-corrected chi connectivity index (χ2v) is 7.68. The molecule has 35 heavy (non-hydrogen) atoms. The van der Waals surface area contributed by atoms with Crippen LogP contribution >= 0.6 is 0 Å². The number of esters is 1. The van der Waals surface area contributed by atoms with Crippen LogP contribution in [0.25, 0.3) is 0 Å². The van der Waals surface area contributed by atoms with Gasteiger partial charge in [0.25, 0.3) is 5.91 Å². The van der Waals surface area contributed by atoms with Crippen LogP contribution in [0, 0.1) is 0 Å². The standard InChI is InChI=1S/C29H25NO5/c1-33-29(32)25-14-8-9-15-26(25)30-28(31)27(22-12-6-3-7-13-22)35-24-18-16-23(17-19-24)34-20-21-10-4-2-5-11-21/h2-19,27H,20H2,1H3,(H,30,31). The van der Waals surface area contributed by atoms with Gasteiger partial charge in [0.15, 0.2) is 0 Å². The molecule has 4 aromatic rings. The first-order valence-corrected chi connectivity index (χ1v) is 11.1. The van der Waals surface area contributed by atoms with Crippen molar-refractivity contribution in [3.05, 3.63) is 126 Å². The SMILES string of the molecule is COC(=O)c1ccccc1NC(=O)C(Oc1ccc(OCc2ccccc2)cc1)c1ccccc1. The average Bonchev–Trinajstić information content (AvgIpc) is 2.92. The van der Waals surface area contributed by atoms with Crippen LogP contribution in [0.1, 0.15) is 27.6 Å². The van der Waals surface area contributed by atoms with Crippen LogP contribution in [0.3, 0.4) is 0 Å². The number of para-hydroxylation sites is 1. The highest BCUT2D eigenvalue weighted by Gasteiger charge is 2.24. The van der Waals surface area contributed by atoms with E-state index in [0.29, 0.717) is 29.4 Å². The number of carbonyl (C=O) groups is 2. The van der Waals surface area contributed by atoms with Crippen molar-refractivity contribution in [2.75, 3.05) is 12.4 Å². The smallest absolute Gasteiger partial charge is 0.339 e. The summed E-state index contributed by atoms with van der Waals surface area (Å²) in [5, 5.41) is 2.80. The number of ether oxygens (including phenoxy) is 3. The number of anilines is 1. The largest absolute Gasteiger partial charge is 0.489 e. The maximum absolute atomic E-state index is 13.3. The van der Waals surface area contributed by atoms with Crippen molar-refractivity contribution in [3.63, 3.8) is 0 Å². The van der Waals surface area contributed by atoms with E-state index in [9.17, 15) is 9.59 Å². The summed E-state index contributed by atoms with van der Waals surface area (Å²) in [5.41, 5.74) is 2.35. The molecule has 176 valence electrons. The van der Waals surface area contributed by atoms with Crippen molar-refractivity contribution < 1.29 is 23.8 Å². The van der Waals surface area contributed by atoms with E-state index in [2.05, 4.69) is 5.32 Å². The zero-order chi connectivity index (χ0) is 24.5. The second-order valence-electron chi connectivity index (χ2n) is 7.68. The molecule has 0 radical (unpaired) electrons. The van der Waals surface area contributed by atoms with Gasteiger partial charge in [-0.3, -0.25) is 4.79 Å². The zero-order valence-electron chi connectivity index (χ0n) is 19.2. The summed E-state index contributed by atoms with van der Waals surface area (Å²) in [6, 6.07) is 32.8. The van der Waals surface area contributed by atoms with Crippen LogP contribution in [-0.2, 0) is 16.1 Å². The molecule has 1 unspecified atom stereocenters. The summed E-state index contributed by atoms with van der Waals surface area (Å²) >= 11 is 0. The molecule has 4 rings (SSSR count). The van der Waals surface area contributed by atoms with Crippen molar-refractivity contribution in [3.8, 4) is 11.5 Å². The lowest BCUT2D eigenvalue weighted by atomic mass is 10.1. The van der Waals surface area contributed by atoms with Gasteiger partial charge < -0.3 is 19.5 Å². The van der Waals surface area contributed by atoms with Gasteiger partial charge in [0.1, 0.15) is 18.1 Å². The Labute approximate surface area is 204 Å². The summed E-state index contributed by atoms with van der Waals surface area (Å²) in [5.74, 6) is 0.234. The van der Waals surface area contributed by atoms with E-state index in [-0.39, 0.29) is 5.56 Å². The molecule has 0 saturated heterocycles. The van der Waals surface area contributed by atoms with Gasteiger partial charge in [-0.2, -0.15) is 0 Å². The molecule has 0 fully saturated rings. The number of methoxy groups -OCH3 is 1. The van der Waals surface area contributed by atoms with Crippen LogP contribution in [0.5, 0.6) is 11.5 Å². The normalized spacial score (nSPS) is 11.2. The molecule has 0 aliphatic carbocycles. The molecule has 0 heterocycles. The highest BCUT2D eigenvalue weighted by Crippen LogP contribution is 2.27. The van der Waals surface area contributed by atoms with Gasteiger partial charge in [0.05, 0.1) is 18.4 Å². The van der Waals surface area contributed by atoms with E-state index in [4.69, 9.17) is 14.2 Å². The Morgan fingerprint density at radius 1 is 0.743 bits per heavy atom. The van der Waals surface area contributed by atoms with Crippen LogP contribution in [-0.4, -0.2) is 19.0 Å². The topological polar surface area (TPSA) is 73.9 Å². The van der Waals surface area contributed by atoms with Gasteiger partial charge in [-0.05, 0) is 42.0 Å². The van der Waals surface area contributed by atoms with Crippen LogP contribution < -0.4 is 14.8 Å². The van der Waals surface area contributed by atoms with Crippen LogP contribution in [0.4, 0.5) is 5.69 Å². The first-order valence-electron chi connectivity index (χ1n) is 11.1. The number of nitrogens with one attached hydrogen (secondary N) is 1. The zero-order valence-corrected chi connectivity index (χ0v) is 19.2. The van der Waals surface area contributed by atoms with Gasteiger partial charge in [0.2, 0.25) is 6.10 Å². The molecule has 1 N–H and O–H groups in total. The first-order chi connectivity index (χ1) is 17.1. The number of rotatable bonds is 9. The van der Waals surface area contributed by atoms with E-state index >= 15 is 0 Å². The Morgan fingerprint density at radius 2 is 1.34 bits per heavy atom. The highest BCUT2D eigenvalue weighted by molar-refractivity contribution is 6.02. The minimum atomic E-state index is -0.946. The van der Waals surface area contributed by atoms with Crippen molar-refractivity contribution >= 4 is 17.6 Å². The van der Waals surface area contributed by atoms with Gasteiger partial charge in [-0.15, -0.1) is 0 Å². The number of benzene rings is 4. The molecule has 1 atom stereocenters. The predicted molar refractivity (Wildman–Crippen MR) is 133 cm³/mol. The average molecular weight is 468 g/mol. The molecule has 4 aromatic carbocycles. The third kappa shape index (κ3) is 6.26. The first kappa shape index (κ1) is 23.6. The molecule has 1 amide bonds. The lowest BCUT2D eigenvalue weighted by Crippen LogP contribution is -2.26. The van der Waals surface area contributed by atoms with E-state index in [1.54, 1.807) is 48.5 Å². The Morgan fingerprint density at radius 3 is 2.03 bits per heavy atom. The monoisotopic (exact) mass is 467 g/mol. The molecular weight excluding hydrogens is 442 g/mol.